The van der Waals surface area contributed by atoms with Crippen LogP contribution >= 0.6 is 0 Å². The lowest BCUT2D eigenvalue weighted by Gasteiger charge is -2.02. The topological polar surface area (TPSA) is 84.6 Å². The van der Waals surface area contributed by atoms with Crippen molar-refractivity contribution in [2.45, 2.75) is 20.3 Å². The maximum Gasteiger partial charge on any atom is 0.273 e. The maximum absolute atomic E-state index is 11.9. The molecule has 118 valence electrons. The SMILES string of the molecule is CCc1ccc(/C=N\NC(=O)c2ccc(C)cc2)cc1[N+](=O)[O-]. The standard InChI is InChI=1S/C17H17N3O3/c1-3-14-9-6-13(10-16(14)20(22)23)11-18-19-17(21)15-7-4-12(2)5-8-15/h4-11H,3H2,1-2H3,(H,19,21)/b18-11-. The van der Waals surface area contributed by atoms with E-state index in [9.17, 15) is 14.9 Å². The third-order valence-electron chi connectivity index (χ3n) is 3.38. The van der Waals surface area contributed by atoms with Crippen LogP contribution in [0.4, 0.5) is 5.69 Å². The lowest BCUT2D eigenvalue weighted by molar-refractivity contribution is -0.385. The molecule has 0 saturated heterocycles. The van der Waals surface area contributed by atoms with E-state index in [1.54, 1.807) is 24.3 Å². The maximum atomic E-state index is 11.9. The summed E-state index contributed by atoms with van der Waals surface area (Å²) >= 11 is 0. The smallest absolute Gasteiger partial charge is 0.267 e. The Hall–Kier alpha value is -3.02. The second kappa shape index (κ2) is 7.31. The number of hydrogen-bond acceptors (Lipinski definition) is 4. The number of nitrogens with one attached hydrogen (secondary N) is 1. The first-order valence-corrected chi connectivity index (χ1v) is 7.18. The minimum absolute atomic E-state index is 0.0568. The summed E-state index contributed by atoms with van der Waals surface area (Å²) in [5.74, 6) is -0.332. The molecule has 6 heteroatoms. The van der Waals surface area contributed by atoms with E-state index in [-0.39, 0.29) is 11.6 Å². The molecule has 0 bridgehead atoms. The van der Waals surface area contributed by atoms with Gasteiger partial charge in [0.2, 0.25) is 0 Å². The molecule has 1 N–H and O–H groups in total. The summed E-state index contributed by atoms with van der Waals surface area (Å²) in [6.45, 7) is 3.80. The van der Waals surface area contributed by atoms with Crippen molar-refractivity contribution in [2.75, 3.05) is 0 Å². The van der Waals surface area contributed by atoms with Crippen LogP contribution in [-0.4, -0.2) is 17.0 Å². The number of hydrogen-bond donors (Lipinski definition) is 1. The molecule has 0 heterocycles. The van der Waals surface area contributed by atoms with E-state index in [0.717, 1.165) is 5.56 Å². The van der Waals surface area contributed by atoms with Crippen LogP contribution in [0.25, 0.3) is 0 Å². The van der Waals surface area contributed by atoms with E-state index in [4.69, 9.17) is 0 Å². The Morgan fingerprint density at radius 3 is 2.57 bits per heavy atom. The number of hydrazone groups is 1. The zero-order chi connectivity index (χ0) is 16.8. The molecule has 0 unspecified atom stereocenters. The third-order valence-corrected chi connectivity index (χ3v) is 3.38. The van der Waals surface area contributed by atoms with Crippen molar-refractivity contribution in [3.63, 3.8) is 0 Å². The number of nitro groups is 1. The summed E-state index contributed by atoms with van der Waals surface area (Å²) in [4.78, 5) is 22.5. The van der Waals surface area contributed by atoms with Crippen molar-refractivity contribution in [2.24, 2.45) is 5.10 Å². The van der Waals surface area contributed by atoms with Gasteiger partial charge in [-0.2, -0.15) is 5.10 Å². The molecular weight excluding hydrogens is 294 g/mol. The molecule has 0 fully saturated rings. The summed E-state index contributed by atoms with van der Waals surface area (Å²) < 4.78 is 0. The van der Waals surface area contributed by atoms with Crippen LogP contribution in [-0.2, 0) is 6.42 Å². The molecule has 6 nitrogen and oxygen atoms in total. The Balaban J connectivity index is 2.08. The van der Waals surface area contributed by atoms with Crippen LogP contribution in [0, 0.1) is 17.0 Å². The quantitative estimate of drug-likeness (QED) is 0.522. The highest BCUT2D eigenvalue weighted by atomic mass is 16.6. The zero-order valence-corrected chi connectivity index (χ0v) is 12.9. The van der Waals surface area contributed by atoms with Crippen LogP contribution in [0.1, 0.15) is 34.0 Å². The van der Waals surface area contributed by atoms with Gasteiger partial charge in [-0.3, -0.25) is 14.9 Å². The number of benzene rings is 2. The Labute approximate surface area is 134 Å². The normalized spacial score (nSPS) is 10.7. The molecule has 0 atom stereocenters. The summed E-state index contributed by atoms with van der Waals surface area (Å²) in [7, 11) is 0. The molecule has 23 heavy (non-hydrogen) atoms. The van der Waals surface area contributed by atoms with Crippen molar-refractivity contribution < 1.29 is 9.72 Å². The van der Waals surface area contributed by atoms with Crippen molar-refractivity contribution in [3.8, 4) is 0 Å². The number of rotatable bonds is 5. The predicted octanol–water partition coefficient (Wildman–Crippen LogP) is 3.23. The summed E-state index contributed by atoms with van der Waals surface area (Å²) in [6.07, 6.45) is 1.97. The Kier molecular flexibility index (Phi) is 5.19. The van der Waals surface area contributed by atoms with E-state index in [1.165, 1.54) is 12.3 Å². The van der Waals surface area contributed by atoms with E-state index in [2.05, 4.69) is 10.5 Å². The van der Waals surface area contributed by atoms with E-state index in [1.807, 2.05) is 26.0 Å². The van der Waals surface area contributed by atoms with Gasteiger partial charge in [-0.05, 0) is 25.5 Å². The van der Waals surface area contributed by atoms with Crippen molar-refractivity contribution in [1.29, 1.82) is 0 Å². The highest BCUT2D eigenvalue weighted by molar-refractivity contribution is 5.94. The van der Waals surface area contributed by atoms with E-state index >= 15 is 0 Å². The molecule has 2 aromatic rings. The van der Waals surface area contributed by atoms with Gasteiger partial charge >= 0.3 is 0 Å². The monoisotopic (exact) mass is 311 g/mol. The molecule has 0 aliphatic carbocycles. The van der Waals surface area contributed by atoms with Gasteiger partial charge in [0, 0.05) is 22.8 Å². The predicted molar refractivity (Wildman–Crippen MR) is 88.7 cm³/mol. The van der Waals surface area contributed by atoms with Gasteiger partial charge in [0.05, 0.1) is 11.1 Å². The van der Waals surface area contributed by atoms with Crippen molar-refractivity contribution in [3.05, 3.63) is 74.8 Å². The van der Waals surface area contributed by atoms with Gasteiger partial charge in [0.1, 0.15) is 0 Å². The van der Waals surface area contributed by atoms with Gasteiger partial charge in [0.25, 0.3) is 11.6 Å². The fourth-order valence-corrected chi connectivity index (χ4v) is 2.07. The van der Waals surface area contributed by atoms with Crippen molar-refractivity contribution >= 4 is 17.8 Å². The highest BCUT2D eigenvalue weighted by Gasteiger charge is 2.12. The largest absolute Gasteiger partial charge is 0.273 e. The van der Waals surface area contributed by atoms with Crippen LogP contribution in [0.15, 0.2) is 47.6 Å². The van der Waals surface area contributed by atoms with Crippen LogP contribution in [0.2, 0.25) is 0 Å². The van der Waals surface area contributed by atoms with Crippen LogP contribution < -0.4 is 5.43 Å². The highest BCUT2D eigenvalue weighted by Crippen LogP contribution is 2.20. The molecule has 0 radical (unpaired) electrons. The van der Waals surface area contributed by atoms with Gasteiger partial charge in [-0.25, -0.2) is 5.43 Å². The first-order chi connectivity index (χ1) is 11.0. The number of aryl methyl sites for hydroxylation is 2. The minimum Gasteiger partial charge on any atom is -0.267 e. The Morgan fingerprint density at radius 2 is 1.96 bits per heavy atom. The van der Waals surface area contributed by atoms with Crippen LogP contribution in [0.3, 0.4) is 0 Å². The second-order valence-electron chi connectivity index (χ2n) is 5.06. The average Bonchev–Trinajstić information content (AvgIpc) is 2.55. The molecule has 1 amide bonds. The molecule has 0 spiro atoms. The molecule has 0 aliphatic rings. The number of carbonyl (C=O) groups excluding carboxylic acids is 1. The Bertz CT molecular complexity index is 752. The molecule has 0 aliphatic heterocycles. The Morgan fingerprint density at radius 1 is 1.26 bits per heavy atom. The minimum atomic E-state index is -0.416. The first kappa shape index (κ1) is 16.4. The summed E-state index contributed by atoms with van der Waals surface area (Å²) in [6, 6.07) is 12.0. The van der Waals surface area contributed by atoms with Gasteiger partial charge in [-0.15, -0.1) is 0 Å². The molecule has 2 aromatic carbocycles. The van der Waals surface area contributed by atoms with Gasteiger partial charge in [0.15, 0.2) is 0 Å². The lowest BCUT2D eigenvalue weighted by atomic mass is 10.1. The van der Waals surface area contributed by atoms with E-state index in [0.29, 0.717) is 23.1 Å². The lowest BCUT2D eigenvalue weighted by Crippen LogP contribution is -2.17. The fourth-order valence-electron chi connectivity index (χ4n) is 2.07. The fraction of sp³-hybridized carbons (Fsp3) is 0.176. The second-order valence-corrected chi connectivity index (χ2v) is 5.06. The zero-order valence-electron chi connectivity index (χ0n) is 12.9. The summed E-state index contributed by atoms with van der Waals surface area (Å²) in [5, 5.41) is 14.9. The molecule has 0 aromatic heterocycles. The number of nitro benzene ring substituents is 1. The summed E-state index contributed by atoms with van der Waals surface area (Å²) in [5.41, 5.74) is 5.24. The molecule has 2 rings (SSSR count). The van der Waals surface area contributed by atoms with Gasteiger partial charge < -0.3 is 0 Å². The molecule has 0 saturated carbocycles. The van der Waals surface area contributed by atoms with Gasteiger partial charge in [-0.1, -0.05) is 36.8 Å². The number of carbonyl (C=O) groups is 1. The number of nitrogens with zero attached hydrogens (tertiary/aromatic N) is 2. The van der Waals surface area contributed by atoms with E-state index < -0.39 is 4.92 Å². The third kappa shape index (κ3) is 4.23. The first-order valence-electron chi connectivity index (χ1n) is 7.18. The van der Waals surface area contributed by atoms with Crippen LogP contribution in [0.5, 0.6) is 0 Å². The average molecular weight is 311 g/mol. The molecular formula is C17H17N3O3. The van der Waals surface area contributed by atoms with Crippen molar-refractivity contribution in [1.82, 2.24) is 5.43 Å². The number of amides is 1.